The maximum absolute atomic E-state index is 12.4. The van der Waals surface area contributed by atoms with Crippen LogP contribution < -0.4 is 15.4 Å². The van der Waals surface area contributed by atoms with Crippen molar-refractivity contribution >= 4 is 34.7 Å². The monoisotopic (exact) mass is 394 g/mol. The van der Waals surface area contributed by atoms with E-state index in [1.165, 1.54) is 13.4 Å². The van der Waals surface area contributed by atoms with Crippen molar-refractivity contribution in [2.45, 2.75) is 0 Å². The maximum atomic E-state index is 12.4. The Balaban J connectivity index is 1.53. The molecule has 9 heteroatoms. The van der Waals surface area contributed by atoms with Gasteiger partial charge in [-0.15, -0.1) is 10.2 Å². The summed E-state index contributed by atoms with van der Waals surface area (Å²) in [7, 11) is 1.52. The van der Waals surface area contributed by atoms with E-state index in [-0.39, 0.29) is 0 Å². The number of aromatic nitrogens is 4. The van der Waals surface area contributed by atoms with Gasteiger partial charge in [0.2, 0.25) is 0 Å². The molecule has 4 aromatic rings. The number of hydrogen-bond donors (Lipinski definition) is 2. The third kappa shape index (κ3) is 3.72. The number of fused-ring (bicyclic) bond motifs is 1. The molecule has 0 aliphatic carbocycles. The van der Waals surface area contributed by atoms with Gasteiger partial charge in [-0.1, -0.05) is 23.7 Å². The molecule has 2 N–H and O–H groups in total. The van der Waals surface area contributed by atoms with Gasteiger partial charge in [-0.25, -0.2) is 4.79 Å². The Morgan fingerprint density at radius 1 is 1.11 bits per heavy atom. The lowest BCUT2D eigenvalue weighted by molar-refractivity contribution is 0.262. The average molecular weight is 395 g/mol. The molecule has 4 rings (SSSR count). The number of hydrogen-bond acceptors (Lipinski definition) is 5. The van der Waals surface area contributed by atoms with Crippen molar-refractivity contribution in [1.29, 1.82) is 0 Å². The Morgan fingerprint density at radius 3 is 2.86 bits per heavy atom. The van der Waals surface area contributed by atoms with Crippen LogP contribution in [-0.4, -0.2) is 33.0 Å². The summed E-state index contributed by atoms with van der Waals surface area (Å²) in [5.74, 6) is 0.514. The number of benzene rings is 2. The van der Waals surface area contributed by atoms with Gasteiger partial charge in [0, 0.05) is 16.3 Å². The van der Waals surface area contributed by atoms with E-state index < -0.39 is 6.03 Å². The quantitative estimate of drug-likeness (QED) is 0.543. The molecule has 140 valence electrons. The molecule has 2 heterocycles. The van der Waals surface area contributed by atoms with Gasteiger partial charge in [0.05, 0.1) is 18.5 Å². The Kier molecular flexibility index (Phi) is 4.77. The van der Waals surface area contributed by atoms with Crippen molar-refractivity contribution < 1.29 is 9.53 Å². The number of nitrogens with zero attached hydrogens (tertiary/aromatic N) is 4. The van der Waals surface area contributed by atoms with Crippen molar-refractivity contribution in [3.8, 4) is 17.0 Å². The lowest BCUT2D eigenvalue weighted by Gasteiger charge is -2.12. The van der Waals surface area contributed by atoms with Crippen LogP contribution in [-0.2, 0) is 0 Å². The lowest BCUT2D eigenvalue weighted by Crippen LogP contribution is -2.19. The highest BCUT2D eigenvalue weighted by atomic mass is 35.5. The fourth-order valence-electron chi connectivity index (χ4n) is 2.70. The lowest BCUT2D eigenvalue weighted by atomic mass is 10.1. The number of nitrogens with one attached hydrogen (secondary N) is 2. The number of carbonyl (C=O) groups is 1. The molecule has 0 fully saturated rings. The molecule has 8 nitrogen and oxygen atoms in total. The molecule has 0 spiro atoms. The van der Waals surface area contributed by atoms with Crippen LogP contribution in [0.4, 0.5) is 16.2 Å². The number of urea groups is 1. The van der Waals surface area contributed by atoms with Gasteiger partial charge in [-0.3, -0.25) is 0 Å². The number of carbonyl (C=O) groups excluding carboxylic acids is 1. The number of anilines is 2. The second-order valence-electron chi connectivity index (χ2n) is 5.86. The van der Waals surface area contributed by atoms with E-state index in [0.717, 1.165) is 11.3 Å². The number of rotatable bonds is 4. The zero-order valence-electron chi connectivity index (χ0n) is 14.8. The maximum Gasteiger partial charge on any atom is 0.323 e. The summed E-state index contributed by atoms with van der Waals surface area (Å²) in [4.78, 5) is 12.4. The van der Waals surface area contributed by atoms with E-state index in [9.17, 15) is 4.79 Å². The van der Waals surface area contributed by atoms with Crippen LogP contribution in [0.3, 0.4) is 0 Å². The highest BCUT2D eigenvalue weighted by Crippen LogP contribution is 2.28. The molecular weight excluding hydrogens is 380 g/mol. The first-order chi connectivity index (χ1) is 13.6. The van der Waals surface area contributed by atoms with Crippen molar-refractivity contribution in [3.63, 3.8) is 0 Å². The summed E-state index contributed by atoms with van der Waals surface area (Å²) >= 11 is 5.99. The summed E-state index contributed by atoms with van der Waals surface area (Å²) in [6.45, 7) is 0. The van der Waals surface area contributed by atoms with Crippen LogP contribution in [0.1, 0.15) is 0 Å². The average Bonchev–Trinajstić information content (AvgIpc) is 3.16. The van der Waals surface area contributed by atoms with Gasteiger partial charge in [0.1, 0.15) is 12.1 Å². The summed E-state index contributed by atoms with van der Waals surface area (Å²) in [5, 5.41) is 18.2. The molecule has 0 saturated heterocycles. The van der Waals surface area contributed by atoms with Crippen LogP contribution >= 0.6 is 11.6 Å². The molecule has 2 amide bonds. The van der Waals surface area contributed by atoms with E-state index in [4.69, 9.17) is 16.3 Å². The van der Waals surface area contributed by atoms with Gasteiger partial charge in [0.15, 0.2) is 5.65 Å². The first-order valence-corrected chi connectivity index (χ1v) is 8.69. The molecule has 0 aliphatic rings. The Hall–Kier alpha value is -3.65. The number of methoxy groups -OCH3 is 1. The normalized spacial score (nSPS) is 10.6. The van der Waals surface area contributed by atoms with Crippen molar-refractivity contribution in [2.75, 3.05) is 17.7 Å². The minimum absolute atomic E-state index is 0.417. The Bertz CT molecular complexity index is 1160. The molecule has 0 bridgehead atoms. The largest absolute Gasteiger partial charge is 0.495 e. The van der Waals surface area contributed by atoms with E-state index in [2.05, 4.69) is 25.9 Å². The van der Waals surface area contributed by atoms with E-state index in [0.29, 0.717) is 27.8 Å². The minimum Gasteiger partial charge on any atom is -0.495 e. The number of amides is 2. The van der Waals surface area contributed by atoms with Crippen LogP contribution in [0.5, 0.6) is 5.75 Å². The van der Waals surface area contributed by atoms with Gasteiger partial charge < -0.3 is 15.4 Å². The fraction of sp³-hybridized carbons (Fsp3) is 0.0526. The Labute approximate surface area is 165 Å². The first kappa shape index (κ1) is 17.7. The highest BCUT2D eigenvalue weighted by molar-refractivity contribution is 6.31. The second kappa shape index (κ2) is 7.53. The summed E-state index contributed by atoms with van der Waals surface area (Å²) in [5.41, 5.74) is 3.32. The van der Waals surface area contributed by atoms with Crippen LogP contribution in [0, 0.1) is 0 Å². The number of halogens is 1. The number of ether oxygens (including phenoxy) is 1. The summed E-state index contributed by atoms with van der Waals surface area (Å²) in [6.07, 6.45) is 1.53. The van der Waals surface area contributed by atoms with Gasteiger partial charge in [-0.05, 0) is 42.5 Å². The van der Waals surface area contributed by atoms with Crippen LogP contribution in [0.15, 0.2) is 60.9 Å². The zero-order valence-corrected chi connectivity index (χ0v) is 15.5. The molecule has 2 aromatic heterocycles. The standard InChI is InChI=1S/C19H15ClN6O2/c1-28-17-7-5-13(20)10-16(17)23-19(27)22-14-4-2-3-12(9-14)15-6-8-18-24-21-11-26(18)25-15/h2-11H,1H3,(H2,22,23,27). The molecule has 2 aromatic carbocycles. The van der Waals surface area contributed by atoms with Crippen molar-refractivity contribution in [3.05, 3.63) is 65.9 Å². The van der Waals surface area contributed by atoms with Crippen molar-refractivity contribution in [1.82, 2.24) is 19.8 Å². The second-order valence-corrected chi connectivity index (χ2v) is 6.29. The minimum atomic E-state index is -0.417. The molecule has 0 atom stereocenters. The van der Waals surface area contributed by atoms with E-state index in [1.54, 1.807) is 28.8 Å². The van der Waals surface area contributed by atoms with Crippen LogP contribution in [0.2, 0.25) is 5.02 Å². The summed E-state index contributed by atoms with van der Waals surface area (Å²) < 4.78 is 6.83. The smallest absolute Gasteiger partial charge is 0.323 e. The van der Waals surface area contributed by atoms with Gasteiger partial charge >= 0.3 is 6.03 Å². The predicted octanol–water partition coefficient (Wildman–Crippen LogP) is 4.10. The first-order valence-electron chi connectivity index (χ1n) is 8.31. The molecule has 0 unspecified atom stereocenters. The highest BCUT2D eigenvalue weighted by Gasteiger charge is 2.10. The molecule has 0 radical (unpaired) electrons. The fourth-order valence-corrected chi connectivity index (χ4v) is 2.87. The zero-order chi connectivity index (χ0) is 19.5. The molecule has 0 aliphatic heterocycles. The van der Waals surface area contributed by atoms with E-state index >= 15 is 0 Å². The predicted molar refractivity (Wildman–Crippen MR) is 107 cm³/mol. The summed E-state index contributed by atoms with van der Waals surface area (Å²) in [6, 6.07) is 15.6. The van der Waals surface area contributed by atoms with E-state index in [1.807, 2.05) is 30.3 Å². The van der Waals surface area contributed by atoms with Gasteiger partial charge in [-0.2, -0.15) is 9.61 Å². The molecule has 0 saturated carbocycles. The SMILES string of the molecule is COc1ccc(Cl)cc1NC(=O)Nc1cccc(-c2ccc3nncn3n2)c1. The third-order valence-electron chi connectivity index (χ3n) is 3.99. The van der Waals surface area contributed by atoms with Crippen molar-refractivity contribution in [2.24, 2.45) is 0 Å². The van der Waals surface area contributed by atoms with Gasteiger partial charge in [0.25, 0.3) is 0 Å². The van der Waals surface area contributed by atoms with Crippen LogP contribution in [0.25, 0.3) is 16.9 Å². The molecule has 28 heavy (non-hydrogen) atoms. The third-order valence-corrected chi connectivity index (χ3v) is 4.22. The topological polar surface area (TPSA) is 93.4 Å². The Morgan fingerprint density at radius 2 is 2.00 bits per heavy atom. The molecular formula is C19H15ClN6O2.